The molecular formula is C10H11ClN2OS2. The average Bonchev–Trinajstić information content (AvgIpc) is 2.68. The first kappa shape index (κ1) is 12.0. The molecule has 2 aromatic rings. The molecular weight excluding hydrogens is 264 g/mol. The fraction of sp³-hybridized carbons (Fsp3) is 0.400. The quantitative estimate of drug-likeness (QED) is 0.859. The highest BCUT2D eigenvalue weighted by Crippen LogP contribution is 2.25. The molecule has 2 heterocycles. The molecule has 0 unspecified atom stereocenters. The Kier molecular flexibility index (Phi) is 3.89. The van der Waals surface area contributed by atoms with E-state index in [1.165, 1.54) is 11.3 Å². The number of hydrogen-bond donors (Lipinski definition) is 0. The Bertz CT molecular complexity index is 527. The minimum absolute atomic E-state index is 0.585. The lowest BCUT2D eigenvalue weighted by molar-refractivity contribution is 0.679. The second-order valence-electron chi connectivity index (χ2n) is 3.36. The molecule has 0 aliphatic heterocycles. The molecule has 0 saturated carbocycles. The maximum Gasteiger partial charge on any atom is 0.183 e. The van der Waals surface area contributed by atoms with Gasteiger partial charge in [0.25, 0.3) is 0 Å². The van der Waals surface area contributed by atoms with Gasteiger partial charge in [-0.25, -0.2) is 9.97 Å². The first-order valence-corrected chi connectivity index (χ1v) is 7.52. The summed E-state index contributed by atoms with van der Waals surface area (Å²) in [7, 11) is -0.998. The number of nitrogens with zero attached hydrogens (tertiary/aromatic N) is 2. The van der Waals surface area contributed by atoms with E-state index in [9.17, 15) is 4.21 Å². The molecule has 16 heavy (non-hydrogen) atoms. The second kappa shape index (κ2) is 5.21. The third-order valence-corrected chi connectivity index (χ3v) is 5.01. The van der Waals surface area contributed by atoms with Crippen LogP contribution in [0.2, 0.25) is 5.02 Å². The van der Waals surface area contributed by atoms with Crippen LogP contribution in [-0.4, -0.2) is 19.9 Å². The van der Waals surface area contributed by atoms with E-state index >= 15 is 0 Å². The average molecular weight is 275 g/mol. The van der Waals surface area contributed by atoms with E-state index in [1.807, 2.05) is 6.07 Å². The zero-order chi connectivity index (χ0) is 11.5. The highest BCUT2D eigenvalue weighted by molar-refractivity contribution is 7.87. The van der Waals surface area contributed by atoms with Crippen LogP contribution in [-0.2, 0) is 10.8 Å². The fourth-order valence-electron chi connectivity index (χ4n) is 1.24. The number of unbranched alkanes of at least 4 members (excludes halogenated alkanes) is 1. The van der Waals surface area contributed by atoms with Gasteiger partial charge >= 0.3 is 0 Å². The molecule has 0 radical (unpaired) electrons. The molecule has 2 aromatic heterocycles. The number of halogens is 1. The maximum atomic E-state index is 11.9. The molecule has 1 atom stereocenters. The monoisotopic (exact) mass is 274 g/mol. The molecule has 0 aliphatic rings. The van der Waals surface area contributed by atoms with Gasteiger partial charge in [0.15, 0.2) is 9.99 Å². The van der Waals surface area contributed by atoms with Crippen LogP contribution in [0.3, 0.4) is 0 Å². The van der Waals surface area contributed by atoms with Crippen LogP contribution in [0.5, 0.6) is 0 Å². The molecule has 0 saturated heterocycles. The van der Waals surface area contributed by atoms with Crippen molar-refractivity contribution in [3.63, 3.8) is 0 Å². The number of thiazole rings is 1. The Labute approximate surface area is 105 Å². The second-order valence-corrected chi connectivity index (χ2v) is 6.57. The van der Waals surface area contributed by atoms with Crippen LogP contribution in [0.15, 0.2) is 16.6 Å². The molecule has 6 heteroatoms. The number of pyridine rings is 1. The molecule has 0 N–H and O–H groups in total. The van der Waals surface area contributed by atoms with Gasteiger partial charge in [0.05, 0.1) is 20.5 Å². The van der Waals surface area contributed by atoms with Crippen molar-refractivity contribution in [2.75, 3.05) is 5.75 Å². The summed E-state index contributed by atoms with van der Waals surface area (Å²) in [6.07, 6.45) is 3.56. The van der Waals surface area contributed by atoms with Crippen molar-refractivity contribution in [2.45, 2.75) is 24.1 Å². The lowest BCUT2D eigenvalue weighted by Gasteiger charge is -1.93. The van der Waals surface area contributed by atoms with Crippen LogP contribution in [0, 0.1) is 0 Å². The Morgan fingerprint density at radius 1 is 1.56 bits per heavy atom. The van der Waals surface area contributed by atoms with Crippen LogP contribution in [0.1, 0.15) is 19.8 Å². The summed E-state index contributed by atoms with van der Waals surface area (Å²) in [5, 5.41) is 0.585. The zero-order valence-corrected chi connectivity index (χ0v) is 11.2. The van der Waals surface area contributed by atoms with Gasteiger partial charge in [-0.15, -0.1) is 11.3 Å². The number of aromatic nitrogens is 2. The van der Waals surface area contributed by atoms with Gasteiger partial charge in [0, 0.05) is 11.9 Å². The normalized spacial score (nSPS) is 13.1. The van der Waals surface area contributed by atoms with E-state index in [1.54, 1.807) is 6.20 Å². The summed E-state index contributed by atoms with van der Waals surface area (Å²) in [4.78, 5) is 8.35. The summed E-state index contributed by atoms with van der Waals surface area (Å²) in [5.74, 6) is 0.671. The largest absolute Gasteiger partial charge is 0.252 e. The van der Waals surface area contributed by atoms with Crippen molar-refractivity contribution in [3.05, 3.63) is 17.3 Å². The Morgan fingerprint density at radius 3 is 3.12 bits per heavy atom. The topological polar surface area (TPSA) is 42.9 Å². The standard InChI is InChI=1S/C10H11ClN2OS2/c1-2-3-4-16(14)10-13-9-8(15-10)5-7(11)6-12-9/h5-6H,2-4H2,1H3/t16-/m1/s1. The summed E-state index contributed by atoms with van der Waals surface area (Å²) in [6, 6.07) is 1.81. The predicted molar refractivity (Wildman–Crippen MR) is 68.6 cm³/mol. The number of fused-ring (bicyclic) bond motifs is 1. The van der Waals surface area contributed by atoms with Gasteiger partial charge < -0.3 is 0 Å². The third-order valence-electron chi connectivity index (χ3n) is 2.07. The van der Waals surface area contributed by atoms with Crippen molar-refractivity contribution in [1.82, 2.24) is 9.97 Å². The van der Waals surface area contributed by atoms with Gasteiger partial charge in [-0.05, 0) is 12.5 Å². The van der Waals surface area contributed by atoms with Gasteiger partial charge in [-0.3, -0.25) is 4.21 Å². The Balaban J connectivity index is 2.28. The highest BCUT2D eigenvalue weighted by Gasteiger charge is 2.11. The zero-order valence-electron chi connectivity index (χ0n) is 8.77. The number of rotatable bonds is 4. The van der Waals surface area contributed by atoms with E-state index in [4.69, 9.17) is 11.6 Å². The van der Waals surface area contributed by atoms with Gasteiger partial charge in [0.1, 0.15) is 0 Å². The van der Waals surface area contributed by atoms with E-state index in [2.05, 4.69) is 16.9 Å². The third kappa shape index (κ3) is 2.59. The fourth-order valence-corrected chi connectivity index (χ4v) is 3.96. The molecule has 0 fully saturated rings. The van der Waals surface area contributed by atoms with E-state index in [0.717, 1.165) is 17.5 Å². The minimum Gasteiger partial charge on any atom is -0.252 e. The number of hydrogen-bond acceptors (Lipinski definition) is 4. The summed E-state index contributed by atoms with van der Waals surface area (Å²) in [6.45, 7) is 2.08. The molecule has 0 aliphatic carbocycles. The van der Waals surface area contributed by atoms with Crippen LogP contribution < -0.4 is 0 Å². The first-order valence-electron chi connectivity index (χ1n) is 5.01. The molecule has 3 nitrogen and oxygen atoms in total. The van der Waals surface area contributed by atoms with Gasteiger partial charge in [-0.1, -0.05) is 24.9 Å². The van der Waals surface area contributed by atoms with Crippen molar-refractivity contribution in [2.24, 2.45) is 0 Å². The van der Waals surface area contributed by atoms with Crippen LogP contribution in [0.25, 0.3) is 10.3 Å². The van der Waals surface area contributed by atoms with Gasteiger partial charge in [-0.2, -0.15) is 0 Å². The van der Waals surface area contributed by atoms with Crippen molar-refractivity contribution >= 4 is 44.1 Å². The van der Waals surface area contributed by atoms with Crippen molar-refractivity contribution in [1.29, 1.82) is 0 Å². The van der Waals surface area contributed by atoms with Crippen molar-refractivity contribution in [3.8, 4) is 0 Å². The lowest BCUT2D eigenvalue weighted by atomic mass is 10.4. The van der Waals surface area contributed by atoms with Crippen LogP contribution in [0.4, 0.5) is 0 Å². The molecule has 0 bridgehead atoms. The van der Waals surface area contributed by atoms with Crippen molar-refractivity contribution < 1.29 is 4.21 Å². The Hall–Kier alpha value is -0.520. The highest BCUT2D eigenvalue weighted by atomic mass is 35.5. The maximum absolute atomic E-state index is 11.9. The van der Waals surface area contributed by atoms with Crippen LogP contribution >= 0.6 is 22.9 Å². The Morgan fingerprint density at radius 2 is 2.38 bits per heavy atom. The molecule has 86 valence electrons. The molecule has 2 rings (SSSR count). The smallest absolute Gasteiger partial charge is 0.183 e. The van der Waals surface area contributed by atoms with E-state index in [0.29, 0.717) is 20.8 Å². The minimum atomic E-state index is -0.998. The molecule has 0 spiro atoms. The molecule has 0 amide bonds. The summed E-state index contributed by atoms with van der Waals surface area (Å²) in [5.41, 5.74) is 0.634. The predicted octanol–water partition coefficient (Wildman–Crippen LogP) is 3.25. The SMILES string of the molecule is CCCC[S@@](=O)c1nc2ncc(Cl)cc2s1. The summed E-state index contributed by atoms with van der Waals surface area (Å²) < 4.78 is 13.4. The molecule has 0 aromatic carbocycles. The van der Waals surface area contributed by atoms with E-state index < -0.39 is 10.8 Å². The summed E-state index contributed by atoms with van der Waals surface area (Å²) >= 11 is 7.24. The first-order chi connectivity index (χ1) is 7.70. The van der Waals surface area contributed by atoms with Gasteiger partial charge in [0.2, 0.25) is 0 Å². The van der Waals surface area contributed by atoms with E-state index in [-0.39, 0.29) is 0 Å². The lowest BCUT2D eigenvalue weighted by Crippen LogP contribution is -1.96.